The Morgan fingerprint density at radius 1 is 0.930 bits per heavy atom. The first kappa shape index (κ1) is 26.4. The number of fused-ring (bicyclic) bond motifs is 4. The lowest BCUT2D eigenvalue weighted by molar-refractivity contribution is 0.125. The summed E-state index contributed by atoms with van der Waals surface area (Å²) in [5.74, 6) is 2.06. The van der Waals surface area contributed by atoms with Crippen LogP contribution >= 0.6 is 0 Å². The highest BCUT2D eigenvalue weighted by molar-refractivity contribution is 5.98. The summed E-state index contributed by atoms with van der Waals surface area (Å²) < 4.78 is 15.4. The molecule has 4 heterocycles. The number of methoxy groups -OCH3 is 1. The van der Waals surface area contributed by atoms with Gasteiger partial charge in [0.2, 0.25) is 11.8 Å². The van der Waals surface area contributed by atoms with Crippen LogP contribution in [0.1, 0.15) is 52.2 Å². The van der Waals surface area contributed by atoms with Gasteiger partial charge >= 0.3 is 0 Å². The molecule has 0 saturated carbocycles. The molecule has 43 heavy (non-hydrogen) atoms. The van der Waals surface area contributed by atoms with Gasteiger partial charge in [0.1, 0.15) is 12.1 Å². The first-order valence-electron chi connectivity index (χ1n) is 13.9. The van der Waals surface area contributed by atoms with Crippen LogP contribution in [0.3, 0.4) is 0 Å². The summed E-state index contributed by atoms with van der Waals surface area (Å²) in [5.41, 5.74) is 8.09. The van der Waals surface area contributed by atoms with E-state index in [9.17, 15) is 0 Å². The molecule has 1 unspecified atom stereocenters. The molecule has 3 aromatic carbocycles. The van der Waals surface area contributed by atoms with E-state index in [0.29, 0.717) is 23.2 Å². The molecule has 1 aliphatic heterocycles. The zero-order chi connectivity index (χ0) is 29.5. The number of hydrogen-bond acceptors (Lipinski definition) is 8. The summed E-state index contributed by atoms with van der Waals surface area (Å²) in [5, 5.41) is 13.8. The molecule has 0 fully saturated rings. The van der Waals surface area contributed by atoms with E-state index in [2.05, 4.69) is 22.2 Å². The van der Waals surface area contributed by atoms with E-state index < -0.39 is 0 Å². The lowest BCUT2D eigenvalue weighted by Gasteiger charge is -2.26. The number of aryl methyl sites for hydroxylation is 2. The van der Waals surface area contributed by atoms with E-state index in [1.165, 1.54) is 5.56 Å². The summed E-state index contributed by atoms with van der Waals surface area (Å²) in [7, 11) is 1.66. The van der Waals surface area contributed by atoms with E-state index in [1.807, 2.05) is 97.4 Å². The van der Waals surface area contributed by atoms with E-state index in [1.54, 1.807) is 18.0 Å². The summed E-state index contributed by atoms with van der Waals surface area (Å²) >= 11 is 0. The second-order valence-corrected chi connectivity index (χ2v) is 10.4. The highest BCUT2D eigenvalue weighted by atomic mass is 16.6. The molecule has 10 heteroatoms. The monoisotopic (exact) mass is 571 g/mol. The number of benzene rings is 3. The van der Waals surface area contributed by atoms with Gasteiger partial charge in [-0.25, -0.2) is 19.2 Å². The van der Waals surface area contributed by atoms with Gasteiger partial charge < -0.3 is 14.3 Å². The molecule has 0 saturated heterocycles. The van der Waals surface area contributed by atoms with Gasteiger partial charge in [0.05, 0.1) is 41.2 Å². The first-order chi connectivity index (χ1) is 21.0. The molecule has 0 N–H and O–H groups in total. The topological polar surface area (TPSA) is 101 Å². The van der Waals surface area contributed by atoms with Crippen molar-refractivity contribution in [2.75, 3.05) is 7.11 Å². The van der Waals surface area contributed by atoms with E-state index in [-0.39, 0.29) is 12.5 Å². The summed E-state index contributed by atoms with van der Waals surface area (Å²) in [6.07, 6.45) is 1.61. The Kier molecular flexibility index (Phi) is 6.58. The average molecular weight is 572 g/mol. The van der Waals surface area contributed by atoms with Crippen molar-refractivity contribution in [3.8, 4) is 23.2 Å². The van der Waals surface area contributed by atoms with Gasteiger partial charge in [-0.1, -0.05) is 65.3 Å². The molecule has 6 aromatic rings. The molecule has 0 spiro atoms. The fourth-order valence-electron chi connectivity index (χ4n) is 5.39. The van der Waals surface area contributed by atoms with Crippen LogP contribution in [-0.2, 0) is 11.4 Å². The van der Waals surface area contributed by atoms with Gasteiger partial charge in [0.25, 0.3) is 0 Å². The van der Waals surface area contributed by atoms with E-state index >= 15 is 0 Å². The Labute approximate surface area is 248 Å². The number of aromatic nitrogens is 6. The Bertz CT molecular complexity index is 1960. The van der Waals surface area contributed by atoms with Crippen molar-refractivity contribution in [2.24, 2.45) is 5.16 Å². The average Bonchev–Trinajstić information content (AvgIpc) is 3.61. The highest BCUT2D eigenvalue weighted by Gasteiger charge is 2.38. The Hall–Kier alpha value is -5.51. The van der Waals surface area contributed by atoms with Crippen LogP contribution in [0, 0.1) is 13.8 Å². The lowest BCUT2D eigenvalue weighted by atomic mass is 9.84. The number of nitrogens with zero attached hydrogens (tertiary/aromatic N) is 7. The predicted octanol–water partition coefficient (Wildman–Crippen LogP) is 6.16. The SMILES string of the molecule is COc1ccc(C2c3c(C)nn(-c4ccccc4)c3Oc3ncn4nc(CO/N=C(/C)c5ccc(C)cc5)nc4c32)cc1. The minimum absolute atomic E-state index is 0.101. The third-order valence-corrected chi connectivity index (χ3v) is 7.58. The molecule has 0 radical (unpaired) electrons. The van der Waals surface area contributed by atoms with Crippen molar-refractivity contribution in [1.82, 2.24) is 29.4 Å². The van der Waals surface area contributed by atoms with Gasteiger partial charge in [0, 0.05) is 0 Å². The minimum atomic E-state index is -0.266. The molecule has 0 aliphatic carbocycles. The number of hydrogen-bond donors (Lipinski definition) is 0. The normalized spacial score (nSPS) is 14.2. The van der Waals surface area contributed by atoms with Crippen LogP contribution in [0.2, 0.25) is 0 Å². The zero-order valence-corrected chi connectivity index (χ0v) is 24.2. The van der Waals surface area contributed by atoms with Crippen molar-refractivity contribution in [3.05, 3.63) is 125 Å². The number of rotatable bonds is 7. The molecule has 7 rings (SSSR count). The molecule has 0 bridgehead atoms. The van der Waals surface area contributed by atoms with Crippen molar-refractivity contribution in [3.63, 3.8) is 0 Å². The molecule has 1 aliphatic rings. The maximum atomic E-state index is 6.50. The van der Waals surface area contributed by atoms with Crippen molar-refractivity contribution < 1.29 is 14.3 Å². The van der Waals surface area contributed by atoms with Gasteiger partial charge in [-0.3, -0.25) is 0 Å². The summed E-state index contributed by atoms with van der Waals surface area (Å²) in [6, 6.07) is 26.1. The molecule has 10 nitrogen and oxygen atoms in total. The molecule has 1 atom stereocenters. The van der Waals surface area contributed by atoms with Crippen LogP contribution in [-0.4, -0.2) is 42.2 Å². The maximum absolute atomic E-state index is 6.50. The fourth-order valence-corrected chi connectivity index (χ4v) is 5.39. The molecular weight excluding hydrogens is 542 g/mol. The van der Waals surface area contributed by atoms with Crippen LogP contribution in [0.15, 0.2) is 90.3 Å². The highest BCUT2D eigenvalue weighted by Crippen LogP contribution is 2.49. The Morgan fingerprint density at radius 3 is 2.44 bits per heavy atom. The zero-order valence-electron chi connectivity index (χ0n) is 24.2. The summed E-state index contributed by atoms with van der Waals surface area (Å²) in [6.45, 7) is 6.06. The van der Waals surface area contributed by atoms with Gasteiger partial charge in [-0.15, -0.1) is 5.10 Å². The standard InChI is InChI=1S/C33H29N7O3/c1-20-10-12-23(13-11-20)21(2)38-42-18-27-35-31-30-29(24-14-16-26(41-4)17-15-24)28-22(3)36-40(25-8-6-5-7-9-25)33(28)43-32(30)34-19-39(31)37-27/h5-17,19,29H,18H2,1-4H3/b38-21-. The third-order valence-electron chi connectivity index (χ3n) is 7.58. The van der Waals surface area contributed by atoms with E-state index in [0.717, 1.165) is 45.1 Å². The van der Waals surface area contributed by atoms with Crippen molar-refractivity contribution >= 4 is 11.4 Å². The van der Waals surface area contributed by atoms with Crippen molar-refractivity contribution in [2.45, 2.75) is 33.3 Å². The smallest absolute Gasteiger partial charge is 0.230 e. The second kappa shape index (κ2) is 10.7. The Balaban J connectivity index is 1.30. The number of para-hydroxylation sites is 1. The molecule has 0 amide bonds. The van der Waals surface area contributed by atoms with E-state index in [4.69, 9.17) is 24.4 Å². The number of ether oxygens (including phenoxy) is 2. The van der Waals surface area contributed by atoms with Gasteiger partial charge in [-0.05, 0) is 56.2 Å². The van der Waals surface area contributed by atoms with Crippen LogP contribution < -0.4 is 9.47 Å². The molecular formula is C33H29N7O3. The Morgan fingerprint density at radius 2 is 1.70 bits per heavy atom. The first-order valence-corrected chi connectivity index (χ1v) is 13.9. The second-order valence-electron chi connectivity index (χ2n) is 10.4. The van der Waals surface area contributed by atoms with Crippen LogP contribution in [0.5, 0.6) is 17.5 Å². The van der Waals surface area contributed by atoms with Gasteiger partial charge in [0.15, 0.2) is 18.1 Å². The maximum Gasteiger partial charge on any atom is 0.230 e. The quantitative estimate of drug-likeness (QED) is 0.167. The van der Waals surface area contributed by atoms with Crippen LogP contribution in [0.4, 0.5) is 0 Å². The molecule has 3 aromatic heterocycles. The lowest BCUT2D eigenvalue weighted by Crippen LogP contribution is -2.16. The number of oxime groups is 1. The van der Waals surface area contributed by atoms with Crippen molar-refractivity contribution in [1.29, 1.82) is 0 Å². The third kappa shape index (κ3) is 4.76. The largest absolute Gasteiger partial charge is 0.497 e. The summed E-state index contributed by atoms with van der Waals surface area (Å²) in [4.78, 5) is 15.2. The minimum Gasteiger partial charge on any atom is -0.497 e. The molecule has 214 valence electrons. The van der Waals surface area contributed by atoms with Gasteiger partial charge in [-0.2, -0.15) is 5.10 Å². The fraction of sp³-hybridized carbons (Fsp3) is 0.182. The predicted molar refractivity (Wildman–Crippen MR) is 161 cm³/mol. The van der Waals surface area contributed by atoms with Crippen LogP contribution in [0.25, 0.3) is 11.3 Å².